The molecule has 1 aromatic heterocycles. The highest BCUT2D eigenvalue weighted by atomic mass is 15.1. The Hall–Kier alpha value is -6.38. The smallest absolute Gasteiger partial charge is 0.0553 e. The number of aromatic nitrogens is 1. The number of benzene rings is 9. The van der Waals surface area contributed by atoms with Crippen molar-refractivity contribution in [3.8, 4) is 16.8 Å². The number of rotatable bonds is 5. The lowest BCUT2D eigenvalue weighted by Crippen LogP contribution is -2.10. The lowest BCUT2D eigenvalue weighted by atomic mass is 9.97. The second-order valence-electron chi connectivity index (χ2n) is 12.6. The molecule has 0 unspecified atom stereocenters. The van der Waals surface area contributed by atoms with Crippen molar-refractivity contribution in [3.63, 3.8) is 0 Å². The molecule has 0 bridgehead atoms. The van der Waals surface area contributed by atoms with Gasteiger partial charge in [0.05, 0.1) is 16.7 Å². The molecule has 0 saturated carbocycles. The van der Waals surface area contributed by atoms with E-state index in [4.69, 9.17) is 0 Å². The van der Waals surface area contributed by atoms with Crippen LogP contribution >= 0.6 is 0 Å². The van der Waals surface area contributed by atoms with Crippen molar-refractivity contribution in [3.05, 3.63) is 182 Å². The van der Waals surface area contributed by atoms with Crippen molar-refractivity contribution in [2.45, 2.75) is 0 Å². The molecule has 0 spiro atoms. The van der Waals surface area contributed by atoms with Crippen LogP contribution in [0.2, 0.25) is 0 Å². The van der Waals surface area contributed by atoms with Crippen LogP contribution in [0.4, 0.5) is 17.1 Å². The largest absolute Gasteiger partial charge is 0.310 e. The minimum Gasteiger partial charge on any atom is -0.310 e. The maximum absolute atomic E-state index is 2.45. The quantitative estimate of drug-likeness (QED) is 0.176. The van der Waals surface area contributed by atoms with Gasteiger partial charge < -0.3 is 9.47 Å². The van der Waals surface area contributed by atoms with Gasteiger partial charge in [0.25, 0.3) is 0 Å². The monoisotopic (exact) mass is 610 g/mol. The summed E-state index contributed by atoms with van der Waals surface area (Å²) in [6.45, 7) is 0. The fraction of sp³-hybridized carbons (Fsp3) is 0. The molecule has 224 valence electrons. The van der Waals surface area contributed by atoms with Crippen LogP contribution in [-0.4, -0.2) is 4.57 Å². The Labute approximate surface area is 278 Å². The lowest BCUT2D eigenvalue weighted by Gasteiger charge is -2.27. The molecular formula is C46H30N2. The summed E-state index contributed by atoms with van der Waals surface area (Å²) >= 11 is 0. The number of nitrogens with zero attached hydrogens (tertiary/aromatic N) is 2. The van der Waals surface area contributed by atoms with Crippen molar-refractivity contribution < 1.29 is 0 Å². The molecule has 2 nitrogen and oxygen atoms in total. The Morgan fingerprint density at radius 1 is 0.354 bits per heavy atom. The number of hydrogen-bond donors (Lipinski definition) is 0. The van der Waals surface area contributed by atoms with Gasteiger partial charge in [-0.1, -0.05) is 121 Å². The highest BCUT2D eigenvalue weighted by Gasteiger charge is 2.19. The molecule has 0 aliphatic rings. The van der Waals surface area contributed by atoms with Gasteiger partial charge in [-0.15, -0.1) is 0 Å². The van der Waals surface area contributed by atoms with Crippen LogP contribution < -0.4 is 4.90 Å². The van der Waals surface area contributed by atoms with E-state index >= 15 is 0 Å². The first-order chi connectivity index (χ1) is 23.8. The molecule has 0 fully saturated rings. The van der Waals surface area contributed by atoms with E-state index < -0.39 is 0 Å². The number of anilines is 3. The van der Waals surface area contributed by atoms with Crippen LogP contribution in [0.5, 0.6) is 0 Å². The maximum Gasteiger partial charge on any atom is 0.0553 e. The van der Waals surface area contributed by atoms with Gasteiger partial charge in [-0.25, -0.2) is 0 Å². The van der Waals surface area contributed by atoms with Gasteiger partial charge >= 0.3 is 0 Å². The summed E-state index contributed by atoms with van der Waals surface area (Å²) in [7, 11) is 0. The van der Waals surface area contributed by atoms with Gasteiger partial charge in [0, 0.05) is 33.2 Å². The predicted octanol–water partition coefficient (Wildman–Crippen LogP) is 12.8. The Morgan fingerprint density at radius 2 is 1.00 bits per heavy atom. The van der Waals surface area contributed by atoms with E-state index in [0.717, 1.165) is 11.4 Å². The lowest BCUT2D eigenvalue weighted by molar-refractivity contribution is 1.19. The predicted molar refractivity (Wildman–Crippen MR) is 205 cm³/mol. The van der Waals surface area contributed by atoms with Gasteiger partial charge in [0.2, 0.25) is 0 Å². The Kier molecular flexibility index (Phi) is 5.91. The highest BCUT2D eigenvalue weighted by molar-refractivity contribution is 6.25. The maximum atomic E-state index is 2.45. The van der Waals surface area contributed by atoms with Crippen LogP contribution in [0.25, 0.3) is 70.9 Å². The molecule has 48 heavy (non-hydrogen) atoms. The Morgan fingerprint density at radius 3 is 1.88 bits per heavy atom. The van der Waals surface area contributed by atoms with Crippen LogP contribution in [0, 0.1) is 0 Å². The van der Waals surface area contributed by atoms with E-state index in [-0.39, 0.29) is 0 Å². The third-order valence-corrected chi connectivity index (χ3v) is 9.87. The van der Waals surface area contributed by atoms with Crippen LogP contribution in [0.15, 0.2) is 182 Å². The molecule has 0 saturated heterocycles. The molecule has 0 atom stereocenters. The van der Waals surface area contributed by atoms with Crippen LogP contribution in [0.3, 0.4) is 0 Å². The molecule has 0 radical (unpaired) electrons. The standard InChI is InChI=1S/C46H30N2/c1-2-15-38(16-3-1)47(42-18-8-13-33-11-6-7-17-41(33)42)39-25-22-32(23-26-39)37-28-36-21-20-34-14-9-19-43-45(34)46(36)44(30-37)48(43)40-27-24-31-10-4-5-12-35(31)29-40/h1-30H. The van der Waals surface area contributed by atoms with Gasteiger partial charge in [0.15, 0.2) is 0 Å². The second-order valence-corrected chi connectivity index (χ2v) is 12.6. The molecule has 0 N–H and O–H groups in total. The molecular weight excluding hydrogens is 581 g/mol. The molecule has 10 aromatic rings. The van der Waals surface area contributed by atoms with Crippen molar-refractivity contribution in [2.75, 3.05) is 4.90 Å². The van der Waals surface area contributed by atoms with E-state index in [1.165, 1.54) is 76.6 Å². The van der Waals surface area contributed by atoms with E-state index in [9.17, 15) is 0 Å². The second kappa shape index (κ2) is 10.6. The summed E-state index contributed by atoms with van der Waals surface area (Å²) in [5.41, 5.74) is 9.47. The normalized spacial score (nSPS) is 11.8. The highest BCUT2D eigenvalue weighted by Crippen LogP contribution is 2.43. The van der Waals surface area contributed by atoms with Gasteiger partial charge in [-0.3, -0.25) is 0 Å². The molecule has 1 heterocycles. The Bertz CT molecular complexity index is 2770. The fourth-order valence-corrected chi connectivity index (χ4v) is 7.66. The van der Waals surface area contributed by atoms with Crippen molar-refractivity contribution in [1.29, 1.82) is 0 Å². The first kappa shape index (κ1) is 26.8. The first-order valence-corrected chi connectivity index (χ1v) is 16.5. The molecule has 9 aromatic carbocycles. The molecule has 0 amide bonds. The number of para-hydroxylation sites is 1. The van der Waals surface area contributed by atoms with E-state index in [1.54, 1.807) is 0 Å². The topological polar surface area (TPSA) is 8.17 Å². The van der Waals surface area contributed by atoms with Gasteiger partial charge in [-0.2, -0.15) is 0 Å². The van der Waals surface area contributed by atoms with Crippen molar-refractivity contribution in [2.24, 2.45) is 0 Å². The van der Waals surface area contributed by atoms with E-state index in [1.807, 2.05) is 0 Å². The average Bonchev–Trinajstić information content (AvgIpc) is 3.50. The summed E-state index contributed by atoms with van der Waals surface area (Å²) in [6, 6.07) is 66.2. The van der Waals surface area contributed by atoms with Crippen LogP contribution in [0.1, 0.15) is 0 Å². The summed E-state index contributed by atoms with van der Waals surface area (Å²) in [5.74, 6) is 0. The number of fused-ring (bicyclic) bond motifs is 2. The summed E-state index contributed by atoms with van der Waals surface area (Å²) < 4.78 is 2.45. The third-order valence-electron chi connectivity index (χ3n) is 9.87. The van der Waals surface area contributed by atoms with Crippen molar-refractivity contribution >= 4 is 71.2 Å². The minimum atomic E-state index is 1.12. The summed E-state index contributed by atoms with van der Waals surface area (Å²) in [6.07, 6.45) is 0. The fourth-order valence-electron chi connectivity index (χ4n) is 7.66. The molecule has 0 aliphatic carbocycles. The van der Waals surface area contributed by atoms with E-state index in [0.29, 0.717) is 0 Å². The summed E-state index contributed by atoms with van der Waals surface area (Å²) in [5, 5.41) is 10.1. The van der Waals surface area contributed by atoms with Crippen LogP contribution in [-0.2, 0) is 0 Å². The third kappa shape index (κ3) is 4.13. The molecule has 0 aliphatic heterocycles. The zero-order valence-electron chi connectivity index (χ0n) is 26.2. The van der Waals surface area contributed by atoms with Gasteiger partial charge in [0.1, 0.15) is 0 Å². The van der Waals surface area contributed by atoms with Gasteiger partial charge in [-0.05, 0) is 98.7 Å². The first-order valence-electron chi connectivity index (χ1n) is 16.5. The summed E-state index contributed by atoms with van der Waals surface area (Å²) in [4.78, 5) is 2.36. The zero-order chi connectivity index (χ0) is 31.6. The SMILES string of the molecule is c1ccc(N(c2ccc(-c3cc4ccc5cccc6c5c4c(c3)n6-c3ccc4ccccc4c3)cc2)c2cccc3ccccc23)cc1. The molecule has 2 heteroatoms. The van der Waals surface area contributed by atoms with Crippen molar-refractivity contribution in [1.82, 2.24) is 4.57 Å². The molecule has 10 rings (SSSR count). The minimum absolute atomic E-state index is 1.12. The average molecular weight is 611 g/mol. The zero-order valence-corrected chi connectivity index (χ0v) is 26.2. The Balaban J connectivity index is 1.15. The number of hydrogen-bond acceptors (Lipinski definition) is 1. The van der Waals surface area contributed by atoms with E-state index in [2.05, 4.69) is 191 Å².